The number of piperidine rings is 1. The van der Waals surface area contributed by atoms with Gasteiger partial charge in [0.05, 0.1) is 17.2 Å². The summed E-state index contributed by atoms with van der Waals surface area (Å²) in [6.45, 7) is 4.90. The molecule has 1 fully saturated rings. The normalized spacial score (nSPS) is 15.7. The van der Waals surface area contributed by atoms with Crippen molar-refractivity contribution in [1.29, 1.82) is 0 Å². The van der Waals surface area contributed by atoms with Crippen molar-refractivity contribution in [3.05, 3.63) is 36.8 Å². The molecule has 1 aliphatic heterocycles. The number of nitrogens with zero attached hydrogens (tertiary/aromatic N) is 5. The van der Waals surface area contributed by atoms with Gasteiger partial charge >= 0.3 is 0 Å². The summed E-state index contributed by atoms with van der Waals surface area (Å²) in [5.74, 6) is 1.21. The maximum Gasteiger partial charge on any atom is 0.233 e. The van der Waals surface area contributed by atoms with Gasteiger partial charge in [-0.25, -0.2) is 15.0 Å². The fourth-order valence-electron chi connectivity index (χ4n) is 3.88. The van der Waals surface area contributed by atoms with Crippen molar-refractivity contribution in [2.75, 3.05) is 32.0 Å². The van der Waals surface area contributed by atoms with E-state index >= 15 is 0 Å². The van der Waals surface area contributed by atoms with Crippen LogP contribution in [-0.2, 0) is 0 Å². The zero-order chi connectivity index (χ0) is 20.5. The number of fused-ring (bicyclic) bond motifs is 2. The van der Waals surface area contributed by atoms with Gasteiger partial charge in [-0.1, -0.05) is 6.07 Å². The molecule has 30 heavy (non-hydrogen) atoms. The van der Waals surface area contributed by atoms with E-state index in [4.69, 9.17) is 9.72 Å². The average Bonchev–Trinajstić information content (AvgIpc) is 3.18. The number of anilines is 1. The second-order valence-electron chi connectivity index (χ2n) is 7.72. The van der Waals surface area contributed by atoms with E-state index in [2.05, 4.69) is 43.3 Å². The molecule has 154 valence electrons. The van der Waals surface area contributed by atoms with Crippen LogP contribution in [0, 0.1) is 0 Å². The lowest BCUT2D eigenvalue weighted by Gasteiger charge is -2.28. The standard InChI is InChI=1S/C22H25N7O/c1-3-23-22-26-12-17-16(11-25-21(17)28-22)14-4-5-18-19(10-14)27-20(13-24-18)30-15-6-8-29(2)9-7-15/h4-5,10-13,15H,3,6-9H2,1-2H3,(H2,23,25,26,28). The number of ether oxygens (including phenoxy) is 1. The molecular weight excluding hydrogens is 378 g/mol. The lowest BCUT2D eigenvalue weighted by atomic mass is 10.1. The molecule has 0 aliphatic carbocycles. The molecule has 2 N–H and O–H groups in total. The minimum Gasteiger partial charge on any atom is -0.473 e. The van der Waals surface area contributed by atoms with Crippen molar-refractivity contribution < 1.29 is 4.74 Å². The van der Waals surface area contributed by atoms with Crippen LogP contribution in [0.25, 0.3) is 33.2 Å². The van der Waals surface area contributed by atoms with Gasteiger partial charge in [0.15, 0.2) is 0 Å². The molecule has 8 nitrogen and oxygen atoms in total. The Balaban J connectivity index is 1.44. The molecule has 0 bridgehead atoms. The molecule has 4 aromatic rings. The Kier molecular flexibility index (Phi) is 4.92. The molecule has 0 radical (unpaired) electrons. The third kappa shape index (κ3) is 3.66. The Morgan fingerprint density at radius 2 is 2.00 bits per heavy atom. The molecule has 5 rings (SSSR count). The van der Waals surface area contributed by atoms with Crippen LogP contribution in [-0.4, -0.2) is 62.6 Å². The molecule has 0 amide bonds. The van der Waals surface area contributed by atoms with Gasteiger partial charge in [0.2, 0.25) is 11.8 Å². The number of aromatic amines is 1. The van der Waals surface area contributed by atoms with E-state index in [0.717, 1.165) is 65.7 Å². The van der Waals surface area contributed by atoms with Crippen LogP contribution in [0.1, 0.15) is 19.8 Å². The number of rotatable bonds is 5. The summed E-state index contributed by atoms with van der Waals surface area (Å²) < 4.78 is 6.12. The van der Waals surface area contributed by atoms with Crippen molar-refractivity contribution in [1.82, 2.24) is 29.8 Å². The molecule has 4 heterocycles. The van der Waals surface area contributed by atoms with Crippen LogP contribution in [0.5, 0.6) is 5.88 Å². The summed E-state index contributed by atoms with van der Waals surface area (Å²) in [6, 6.07) is 6.09. The quantitative estimate of drug-likeness (QED) is 0.527. The monoisotopic (exact) mass is 403 g/mol. The van der Waals surface area contributed by atoms with Crippen LogP contribution in [0.3, 0.4) is 0 Å². The number of aromatic nitrogens is 5. The molecule has 1 aromatic carbocycles. The predicted molar refractivity (Wildman–Crippen MR) is 118 cm³/mol. The summed E-state index contributed by atoms with van der Waals surface area (Å²) in [7, 11) is 2.14. The number of H-pyrrole nitrogens is 1. The fourth-order valence-corrected chi connectivity index (χ4v) is 3.88. The van der Waals surface area contributed by atoms with Crippen LogP contribution in [0.15, 0.2) is 36.8 Å². The van der Waals surface area contributed by atoms with Crippen LogP contribution < -0.4 is 10.1 Å². The lowest BCUT2D eigenvalue weighted by Crippen LogP contribution is -2.35. The molecule has 0 spiro atoms. The highest BCUT2D eigenvalue weighted by Crippen LogP contribution is 2.30. The second kappa shape index (κ2) is 7.87. The Bertz CT molecular complexity index is 1180. The average molecular weight is 403 g/mol. The van der Waals surface area contributed by atoms with Crippen LogP contribution in [0.2, 0.25) is 0 Å². The Morgan fingerprint density at radius 3 is 2.83 bits per heavy atom. The third-order valence-corrected chi connectivity index (χ3v) is 5.55. The second-order valence-corrected chi connectivity index (χ2v) is 7.72. The number of nitrogens with one attached hydrogen (secondary N) is 2. The minimum absolute atomic E-state index is 0.202. The summed E-state index contributed by atoms with van der Waals surface area (Å²) in [5, 5.41) is 4.11. The molecule has 1 saturated heterocycles. The van der Waals surface area contributed by atoms with Gasteiger partial charge < -0.3 is 19.9 Å². The highest BCUT2D eigenvalue weighted by Gasteiger charge is 2.19. The summed E-state index contributed by atoms with van der Waals surface area (Å²) in [5.41, 5.74) is 4.55. The van der Waals surface area contributed by atoms with Gasteiger partial charge in [0.25, 0.3) is 0 Å². The molecular formula is C22H25N7O. The first kappa shape index (κ1) is 18.7. The first-order valence-corrected chi connectivity index (χ1v) is 10.4. The van der Waals surface area contributed by atoms with Crippen molar-refractivity contribution in [3.63, 3.8) is 0 Å². The van der Waals surface area contributed by atoms with Gasteiger partial charge in [-0.2, -0.15) is 4.98 Å². The number of hydrogen-bond acceptors (Lipinski definition) is 7. The minimum atomic E-state index is 0.202. The Labute approximate surface area is 174 Å². The Morgan fingerprint density at radius 1 is 1.13 bits per heavy atom. The van der Waals surface area contributed by atoms with Gasteiger partial charge in [-0.05, 0) is 44.5 Å². The van der Waals surface area contributed by atoms with Crippen molar-refractivity contribution >= 4 is 28.0 Å². The van der Waals surface area contributed by atoms with E-state index in [-0.39, 0.29) is 6.10 Å². The summed E-state index contributed by atoms with van der Waals surface area (Å²) in [6.07, 6.45) is 7.76. The molecule has 0 atom stereocenters. The maximum atomic E-state index is 6.12. The maximum absolute atomic E-state index is 6.12. The largest absolute Gasteiger partial charge is 0.473 e. The van der Waals surface area contributed by atoms with E-state index in [1.54, 1.807) is 6.20 Å². The van der Waals surface area contributed by atoms with Gasteiger partial charge in [0.1, 0.15) is 11.8 Å². The first-order chi connectivity index (χ1) is 14.7. The zero-order valence-corrected chi connectivity index (χ0v) is 17.2. The summed E-state index contributed by atoms with van der Waals surface area (Å²) >= 11 is 0. The highest BCUT2D eigenvalue weighted by molar-refractivity contribution is 5.95. The number of hydrogen-bond donors (Lipinski definition) is 2. The molecule has 0 saturated carbocycles. The molecule has 1 aliphatic rings. The lowest BCUT2D eigenvalue weighted by molar-refractivity contribution is 0.110. The topological polar surface area (TPSA) is 91.9 Å². The van der Waals surface area contributed by atoms with Gasteiger partial charge in [-0.3, -0.25) is 0 Å². The predicted octanol–water partition coefficient (Wildman–Crippen LogP) is 3.47. The SMILES string of the molecule is CCNc1ncc2c(-c3ccc4ncc(OC5CCN(C)CC5)nc4c3)c[nH]c2n1. The molecule has 0 unspecified atom stereocenters. The van der Waals surface area contributed by atoms with E-state index in [1.165, 1.54) is 0 Å². The van der Waals surface area contributed by atoms with Crippen molar-refractivity contribution in [2.24, 2.45) is 0 Å². The van der Waals surface area contributed by atoms with Gasteiger partial charge in [-0.15, -0.1) is 0 Å². The third-order valence-electron chi connectivity index (χ3n) is 5.55. The summed E-state index contributed by atoms with van der Waals surface area (Å²) in [4.78, 5) is 23.8. The Hall–Kier alpha value is -3.26. The van der Waals surface area contributed by atoms with E-state index < -0.39 is 0 Å². The van der Waals surface area contributed by atoms with Crippen LogP contribution in [0.4, 0.5) is 5.95 Å². The fraction of sp³-hybridized carbons (Fsp3) is 0.364. The van der Waals surface area contributed by atoms with Crippen molar-refractivity contribution in [3.8, 4) is 17.0 Å². The van der Waals surface area contributed by atoms with Gasteiger partial charge in [0, 0.05) is 43.0 Å². The zero-order valence-electron chi connectivity index (χ0n) is 17.2. The van der Waals surface area contributed by atoms with E-state index in [1.807, 2.05) is 31.5 Å². The number of benzene rings is 1. The van der Waals surface area contributed by atoms with E-state index in [9.17, 15) is 0 Å². The highest BCUT2D eigenvalue weighted by atomic mass is 16.5. The first-order valence-electron chi connectivity index (χ1n) is 10.4. The molecule has 3 aromatic heterocycles. The van der Waals surface area contributed by atoms with Crippen molar-refractivity contribution in [2.45, 2.75) is 25.9 Å². The molecule has 8 heteroatoms. The van der Waals surface area contributed by atoms with E-state index in [0.29, 0.717) is 11.8 Å². The van der Waals surface area contributed by atoms with Crippen LogP contribution >= 0.6 is 0 Å². The number of likely N-dealkylation sites (tertiary alicyclic amines) is 1. The smallest absolute Gasteiger partial charge is 0.233 e.